The number of nitrogens with two attached hydrogens (primary N) is 1. The zero-order valence-electron chi connectivity index (χ0n) is 18.4. The van der Waals surface area contributed by atoms with E-state index in [0.29, 0.717) is 48.7 Å². The second-order valence-corrected chi connectivity index (χ2v) is 7.87. The van der Waals surface area contributed by atoms with E-state index in [1.165, 1.54) is 6.07 Å². The van der Waals surface area contributed by atoms with Crippen molar-refractivity contribution in [1.82, 2.24) is 4.90 Å². The van der Waals surface area contributed by atoms with Gasteiger partial charge in [0.1, 0.15) is 18.0 Å². The van der Waals surface area contributed by atoms with E-state index >= 15 is 0 Å². The lowest BCUT2D eigenvalue weighted by Gasteiger charge is -2.35. The molecule has 4 rings (SSSR count). The minimum Gasteiger partial charge on any atom is -0.488 e. The third-order valence-corrected chi connectivity index (χ3v) is 5.71. The van der Waals surface area contributed by atoms with Crippen LogP contribution >= 0.6 is 0 Å². The third kappa shape index (κ3) is 4.98. The van der Waals surface area contributed by atoms with Gasteiger partial charge in [0.2, 0.25) is 0 Å². The number of nitro groups is 1. The maximum Gasteiger partial charge on any atom is 0.292 e. The molecule has 174 valence electrons. The Morgan fingerprint density at radius 1 is 0.941 bits per heavy atom. The lowest BCUT2D eigenvalue weighted by Crippen LogP contribution is -2.49. The van der Waals surface area contributed by atoms with Gasteiger partial charge in [-0.05, 0) is 35.9 Å². The number of carbonyl (C=O) groups is 2. The number of anilines is 1. The molecular formula is C25H24N4O5. The van der Waals surface area contributed by atoms with Crippen molar-refractivity contribution >= 4 is 23.2 Å². The molecule has 1 fully saturated rings. The van der Waals surface area contributed by atoms with Gasteiger partial charge < -0.3 is 20.3 Å². The second-order valence-electron chi connectivity index (χ2n) is 7.87. The van der Waals surface area contributed by atoms with Gasteiger partial charge in [-0.1, -0.05) is 36.4 Å². The number of ether oxygens (including phenoxy) is 1. The van der Waals surface area contributed by atoms with Gasteiger partial charge in [-0.15, -0.1) is 0 Å². The van der Waals surface area contributed by atoms with Crippen LogP contribution in [0.25, 0.3) is 0 Å². The molecule has 34 heavy (non-hydrogen) atoms. The molecule has 0 radical (unpaired) electrons. The van der Waals surface area contributed by atoms with E-state index < -0.39 is 5.91 Å². The second kappa shape index (κ2) is 10.0. The molecule has 0 saturated carbocycles. The van der Waals surface area contributed by atoms with Crippen LogP contribution in [0.1, 0.15) is 26.3 Å². The average molecular weight is 460 g/mol. The number of carbonyl (C=O) groups excluding carboxylic acids is 2. The van der Waals surface area contributed by atoms with Crippen molar-refractivity contribution in [1.29, 1.82) is 0 Å². The number of nitro benzene ring substituents is 1. The standard InChI is InChI=1S/C25H24N4O5/c26-24(30)20-8-1-4-11-23(20)34-17-18-6-5-7-19(16-18)25(31)28-14-12-27(13-15-28)21-9-2-3-10-22(21)29(32)33/h1-11,16H,12-15,17H2,(H2,26,30). The lowest BCUT2D eigenvalue weighted by molar-refractivity contribution is -0.384. The summed E-state index contributed by atoms with van der Waals surface area (Å²) in [6.45, 7) is 2.10. The van der Waals surface area contributed by atoms with E-state index in [-0.39, 0.29) is 23.1 Å². The summed E-state index contributed by atoms with van der Waals surface area (Å²) in [5.41, 5.74) is 7.63. The predicted molar refractivity (Wildman–Crippen MR) is 127 cm³/mol. The summed E-state index contributed by atoms with van der Waals surface area (Å²) in [5.74, 6) is -0.293. The van der Waals surface area contributed by atoms with E-state index in [2.05, 4.69) is 0 Å². The molecule has 2 amide bonds. The number of primary amides is 1. The van der Waals surface area contributed by atoms with E-state index in [9.17, 15) is 19.7 Å². The first-order valence-corrected chi connectivity index (χ1v) is 10.8. The minimum absolute atomic E-state index is 0.0629. The van der Waals surface area contributed by atoms with Crippen molar-refractivity contribution in [3.8, 4) is 5.75 Å². The molecule has 0 atom stereocenters. The summed E-state index contributed by atoms with van der Waals surface area (Å²) >= 11 is 0. The van der Waals surface area contributed by atoms with Gasteiger partial charge in [-0.25, -0.2) is 0 Å². The fourth-order valence-electron chi connectivity index (χ4n) is 3.97. The van der Waals surface area contributed by atoms with Crippen LogP contribution in [0.5, 0.6) is 5.75 Å². The molecule has 1 aliphatic rings. The van der Waals surface area contributed by atoms with Crippen LogP contribution in [0, 0.1) is 10.1 Å². The Morgan fingerprint density at radius 2 is 1.65 bits per heavy atom. The van der Waals surface area contributed by atoms with Crippen LogP contribution < -0.4 is 15.4 Å². The van der Waals surface area contributed by atoms with Crippen molar-refractivity contribution in [3.05, 3.63) is 99.6 Å². The molecule has 0 aliphatic carbocycles. The topological polar surface area (TPSA) is 119 Å². The maximum absolute atomic E-state index is 13.1. The van der Waals surface area contributed by atoms with E-state index in [4.69, 9.17) is 10.5 Å². The normalized spacial score (nSPS) is 13.4. The van der Waals surface area contributed by atoms with Crippen molar-refractivity contribution in [3.63, 3.8) is 0 Å². The third-order valence-electron chi connectivity index (χ3n) is 5.71. The first-order valence-electron chi connectivity index (χ1n) is 10.8. The minimum atomic E-state index is -0.570. The van der Waals surface area contributed by atoms with Crippen LogP contribution in [0.3, 0.4) is 0 Å². The molecular weight excluding hydrogens is 436 g/mol. The highest BCUT2D eigenvalue weighted by Gasteiger charge is 2.26. The van der Waals surface area contributed by atoms with E-state index in [1.807, 2.05) is 11.0 Å². The van der Waals surface area contributed by atoms with Crippen LogP contribution in [0.2, 0.25) is 0 Å². The number of amides is 2. The lowest BCUT2D eigenvalue weighted by atomic mass is 10.1. The fourth-order valence-corrected chi connectivity index (χ4v) is 3.97. The number of para-hydroxylation sites is 3. The number of piperazine rings is 1. The largest absolute Gasteiger partial charge is 0.488 e. The summed E-state index contributed by atoms with van der Waals surface area (Å²) in [4.78, 5) is 39.3. The summed E-state index contributed by atoms with van der Waals surface area (Å²) in [5, 5.41) is 11.3. The van der Waals surface area contributed by atoms with Crippen LogP contribution in [0.4, 0.5) is 11.4 Å². The molecule has 0 bridgehead atoms. The fraction of sp³-hybridized carbons (Fsp3) is 0.200. The SMILES string of the molecule is NC(=O)c1ccccc1OCc1cccc(C(=O)N2CCN(c3ccccc3[N+](=O)[O-])CC2)c1. The molecule has 1 saturated heterocycles. The Bertz CT molecular complexity index is 1220. The Balaban J connectivity index is 1.40. The van der Waals surface area contributed by atoms with E-state index in [0.717, 1.165) is 5.56 Å². The molecule has 1 aliphatic heterocycles. The first kappa shape index (κ1) is 22.8. The molecule has 0 aromatic heterocycles. The van der Waals surface area contributed by atoms with Gasteiger partial charge in [0.25, 0.3) is 17.5 Å². The van der Waals surface area contributed by atoms with Gasteiger partial charge in [0, 0.05) is 37.8 Å². The van der Waals surface area contributed by atoms with Gasteiger partial charge in [-0.3, -0.25) is 19.7 Å². The first-order chi connectivity index (χ1) is 16.4. The number of benzene rings is 3. The molecule has 3 aromatic carbocycles. The Morgan fingerprint density at radius 3 is 2.38 bits per heavy atom. The number of hydrogen-bond donors (Lipinski definition) is 1. The van der Waals surface area contributed by atoms with Gasteiger partial charge in [-0.2, -0.15) is 0 Å². The van der Waals surface area contributed by atoms with Crippen molar-refractivity contribution < 1.29 is 19.2 Å². The Labute approximate surface area is 196 Å². The van der Waals surface area contributed by atoms with Gasteiger partial charge in [0.05, 0.1) is 10.5 Å². The van der Waals surface area contributed by atoms with E-state index in [1.54, 1.807) is 65.6 Å². The Kier molecular flexibility index (Phi) is 6.72. The number of rotatable bonds is 7. The number of hydrogen-bond acceptors (Lipinski definition) is 6. The highest BCUT2D eigenvalue weighted by molar-refractivity contribution is 5.95. The highest BCUT2D eigenvalue weighted by Crippen LogP contribution is 2.28. The number of nitrogens with zero attached hydrogens (tertiary/aromatic N) is 3. The van der Waals surface area contributed by atoms with Crippen LogP contribution in [0.15, 0.2) is 72.8 Å². The Hall–Kier alpha value is -4.40. The van der Waals surface area contributed by atoms with Gasteiger partial charge >= 0.3 is 0 Å². The predicted octanol–water partition coefficient (Wildman–Crippen LogP) is 3.24. The molecule has 9 heteroatoms. The quantitative estimate of drug-likeness (QED) is 0.427. The average Bonchev–Trinajstić information content (AvgIpc) is 2.87. The zero-order valence-corrected chi connectivity index (χ0v) is 18.4. The summed E-state index contributed by atoms with van der Waals surface area (Å²) in [6, 6.07) is 20.5. The molecule has 2 N–H and O–H groups in total. The summed E-state index contributed by atoms with van der Waals surface area (Å²) < 4.78 is 5.77. The van der Waals surface area contributed by atoms with Crippen molar-refractivity contribution in [2.24, 2.45) is 5.73 Å². The van der Waals surface area contributed by atoms with Crippen molar-refractivity contribution in [2.45, 2.75) is 6.61 Å². The zero-order chi connectivity index (χ0) is 24.1. The maximum atomic E-state index is 13.1. The monoisotopic (exact) mass is 460 g/mol. The molecule has 9 nitrogen and oxygen atoms in total. The molecule has 1 heterocycles. The highest BCUT2D eigenvalue weighted by atomic mass is 16.6. The summed E-state index contributed by atoms with van der Waals surface area (Å²) in [6.07, 6.45) is 0. The van der Waals surface area contributed by atoms with Gasteiger partial charge in [0.15, 0.2) is 0 Å². The molecule has 0 spiro atoms. The summed E-state index contributed by atoms with van der Waals surface area (Å²) in [7, 11) is 0. The molecule has 0 unspecified atom stereocenters. The van der Waals surface area contributed by atoms with Crippen molar-refractivity contribution in [2.75, 3.05) is 31.1 Å². The smallest absolute Gasteiger partial charge is 0.292 e. The van der Waals surface area contributed by atoms with Crippen LogP contribution in [-0.4, -0.2) is 47.8 Å². The van der Waals surface area contributed by atoms with Crippen LogP contribution in [-0.2, 0) is 6.61 Å². The molecule has 3 aromatic rings.